The summed E-state index contributed by atoms with van der Waals surface area (Å²) in [5.41, 5.74) is 0.741. The third-order valence-electron chi connectivity index (χ3n) is 3.61. The number of H-pyrrole nitrogens is 1. The number of hydrogen-bond donors (Lipinski definition) is 3. The van der Waals surface area contributed by atoms with Crippen LogP contribution in [0, 0.1) is 25.7 Å². The molecule has 0 aromatic carbocycles. The van der Waals surface area contributed by atoms with Crippen LogP contribution in [0.25, 0.3) is 0 Å². The van der Waals surface area contributed by atoms with E-state index in [-0.39, 0.29) is 30.4 Å². The monoisotopic (exact) mass is 309 g/mol. The van der Waals surface area contributed by atoms with Crippen LogP contribution in [0.4, 0.5) is 0 Å². The molecule has 1 rings (SSSR count). The highest BCUT2D eigenvalue weighted by atomic mass is 16.3. The number of nitrogens with one attached hydrogen (secondary N) is 2. The van der Waals surface area contributed by atoms with E-state index < -0.39 is 0 Å². The Balaban J connectivity index is 2.61. The van der Waals surface area contributed by atoms with Crippen molar-refractivity contribution < 1.29 is 9.90 Å². The van der Waals surface area contributed by atoms with Gasteiger partial charge in [0.1, 0.15) is 5.82 Å². The number of aliphatic hydroxyl groups excluding tert-OH is 1. The number of hydrogen-bond acceptors (Lipinski definition) is 4. The lowest BCUT2D eigenvalue weighted by molar-refractivity contribution is -0.120. The smallest absolute Gasteiger partial charge is 0.254 e. The van der Waals surface area contributed by atoms with E-state index in [2.05, 4.69) is 29.1 Å². The first-order chi connectivity index (χ1) is 10.3. The minimum absolute atomic E-state index is 0.0297. The van der Waals surface area contributed by atoms with E-state index >= 15 is 0 Å². The molecule has 0 saturated heterocycles. The zero-order valence-corrected chi connectivity index (χ0v) is 13.9. The summed E-state index contributed by atoms with van der Waals surface area (Å²) in [6.45, 7) is 8.32. The van der Waals surface area contributed by atoms with E-state index in [0.29, 0.717) is 36.0 Å². The molecule has 0 aliphatic rings. The fourth-order valence-electron chi connectivity index (χ4n) is 2.59. The van der Waals surface area contributed by atoms with Gasteiger partial charge in [0.05, 0.1) is 6.42 Å². The summed E-state index contributed by atoms with van der Waals surface area (Å²) in [6, 6.07) is 0. The van der Waals surface area contributed by atoms with Gasteiger partial charge in [-0.3, -0.25) is 9.59 Å². The minimum Gasteiger partial charge on any atom is -0.396 e. The molecule has 1 aromatic rings. The van der Waals surface area contributed by atoms with Crippen LogP contribution in [-0.2, 0) is 11.2 Å². The number of nitrogens with zero attached hydrogens (tertiary/aromatic N) is 1. The van der Waals surface area contributed by atoms with Crippen LogP contribution < -0.4 is 10.9 Å². The molecule has 0 spiro atoms. The zero-order chi connectivity index (χ0) is 16.7. The van der Waals surface area contributed by atoms with Gasteiger partial charge in [0.2, 0.25) is 5.91 Å². The van der Waals surface area contributed by atoms with Gasteiger partial charge in [-0.1, -0.05) is 13.8 Å². The number of aromatic amines is 1. The maximum absolute atomic E-state index is 12.0. The largest absolute Gasteiger partial charge is 0.396 e. The first-order valence-corrected chi connectivity index (χ1v) is 7.77. The van der Waals surface area contributed by atoms with Gasteiger partial charge in [-0.15, -0.1) is 0 Å². The topological polar surface area (TPSA) is 95.1 Å². The molecule has 6 nitrogen and oxygen atoms in total. The number of aryl methyl sites for hydroxylation is 2. The second-order valence-electron chi connectivity index (χ2n) is 6.20. The Kier molecular flexibility index (Phi) is 7.24. The Morgan fingerprint density at radius 2 is 2.05 bits per heavy atom. The summed E-state index contributed by atoms with van der Waals surface area (Å²) < 4.78 is 0. The maximum atomic E-state index is 12.0. The minimum atomic E-state index is -0.255. The number of carbonyl (C=O) groups is 1. The molecule has 1 heterocycles. The van der Waals surface area contributed by atoms with Crippen molar-refractivity contribution in [3.63, 3.8) is 0 Å². The summed E-state index contributed by atoms with van der Waals surface area (Å²) in [5, 5.41) is 11.9. The highest BCUT2D eigenvalue weighted by Crippen LogP contribution is 2.14. The predicted octanol–water partition coefficient (Wildman–Crippen LogP) is 1.09. The molecule has 6 heteroatoms. The Hall–Kier alpha value is -1.69. The number of aromatic nitrogens is 2. The summed E-state index contributed by atoms with van der Waals surface area (Å²) in [4.78, 5) is 30.7. The average Bonchev–Trinajstić information content (AvgIpc) is 2.40. The van der Waals surface area contributed by atoms with Crippen LogP contribution >= 0.6 is 0 Å². The molecule has 0 saturated carbocycles. The lowest BCUT2D eigenvalue weighted by atomic mass is 9.94. The van der Waals surface area contributed by atoms with E-state index in [9.17, 15) is 9.59 Å². The van der Waals surface area contributed by atoms with Gasteiger partial charge in [-0.05, 0) is 38.5 Å². The summed E-state index contributed by atoms with van der Waals surface area (Å²) >= 11 is 0. The molecule has 0 aliphatic heterocycles. The molecular formula is C16H27N3O3. The highest BCUT2D eigenvalue weighted by molar-refractivity contribution is 5.78. The predicted molar refractivity (Wildman–Crippen MR) is 85.7 cm³/mol. The highest BCUT2D eigenvalue weighted by Gasteiger charge is 2.15. The SMILES string of the molecule is Cc1nc(C)c(CC(=O)NCC(CCO)CC(C)C)c(=O)[nH]1. The summed E-state index contributed by atoms with van der Waals surface area (Å²) in [7, 11) is 0. The second-order valence-corrected chi connectivity index (χ2v) is 6.20. The first-order valence-electron chi connectivity index (χ1n) is 7.77. The molecular weight excluding hydrogens is 282 g/mol. The van der Waals surface area contributed by atoms with Crippen LogP contribution in [0.15, 0.2) is 4.79 Å². The quantitative estimate of drug-likeness (QED) is 0.670. The standard InChI is InChI=1S/C16H27N3O3/c1-10(2)7-13(5-6-20)9-17-15(21)8-14-11(3)18-12(4)19-16(14)22/h10,13,20H,5-9H2,1-4H3,(H,17,21)(H,18,19,22). The summed E-state index contributed by atoms with van der Waals surface area (Å²) in [6.07, 6.45) is 1.65. The van der Waals surface area contributed by atoms with Crippen LogP contribution in [0.5, 0.6) is 0 Å². The second kappa shape index (κ2) is 8.68. The van der Waals surface area contributed by atoms with Crippen LogP contribution in [-0.4, -0.2) is 34.1 Å². The Morgan fingerprint density at radius 1 is 1.36 bits per heavy atom. The van der Waals surface area contributed by atoms with Crippen molar-refractivity contribution in [1.82, 2.24) is 15.3 Å². The molecule has 3 N–H and O–H groups in total. The van der Waals surface area contributed by atoms with Crippen LogP contribution in [0.3, 0.4) is 0 Å². The molecule has 1 amide bonds. The Morgan fingerprint density at radius 3 is 2.59 bits per heavy atom. The van der Waals surface area contributed by atoms with Crippen LogP contribution in [0.2, 0.25) is 0 Å². The first kappa shape index (κ1) is 18.4. The average molecular weight is 309 g/mol. The van der Waals surface area contributed by atoms with Gasteiger partial charge in [-0.2, -0.15) is 0 Å². The molecule has 0 aliphatic carbocycles. The van der Waals surface area contributed by atoms with E-state index in [1.165, 1.54) is 0 Å². The van der Waals surface area contributed by atoms with Crippen molar-refractivity contribution in [2.45, 2.75) is 47.0 Å². The van der Waals surface area contributed by atoms with Crippen molar-refractivity contribution in [3.8, 4) is 0 Å². The zero-order valence-electron chi connectivity index (χ0n) is 13.9. The lowest BCUT2D eigenvalue weighted by Gasteiger charge is -2.18. The molecule has 1 unspecified atom stereocenters. The van der Waals surface area contributed by atoms with Gasteiger partial charge >= 0.3 is 0 Å². The molecule has 0 fully saturated rings. The van der Waals surface area contributed by atoms with Gasteiger partial charge in [0.15, 0.2) is 0 Å². The fourth-order valence-corrected chi connectivity index (χ4v) is 2.59. The lowest BCUT2D eigenvalue weighted by Crippen LogP contribution is -2.33. The fraction of sp³-hybridized carbons (Fsp3) is 0.688. The molecule has 1 aromatic heterocycles. The third-order valence-corrected chi connectivity index (χ3v) is 3.61. The van der Waals surface area contributed by atoms with Crippen LogP contribution in [0.1, 0.15) is 43.8 Å². The van der Waals surface area contributed by atoms with E-state index in [0.717, 1.165) is 6.42 Å². The molecule has 124 valence electrons. The van der Waals surface area contributed by atoms with Gasteiger partial charge in [0, 0.05) is 24.4 Å². The number of carbonyl (C=O) groups excluding carboxylic acids is 1. The summed E-state index contributed by atoms with van der Waals surface area (Å²) in [5.74, 6) is 1.13. The molecule has 0 radical (unpaired) electrons. The molecule has 1 atom stereocenters. The Bertz CT molecular complexity index is 552. The van der Waals surface area contributed by atoms with Gasteiger partial charge in [0.25, 0.3) is 5.56 Å². The van der Waals surface area contributed by atoms with Crippen molar-refractivity contribution in [2.75, 3.05) is 13.2 Å². The van der Waals surface area contributed by atoms with Gasteiger partial charge < -0.3 is 15.4 Å². The van der Waals surface area contributed by atoms with E-state index in [1.807, 2.05) is 0 Å². The molecule has 22 heavy (non-hydrogen) atoms. The molecule has 0 bridgehead atoms. The normalized spacial score (nSPS) is 12.5. The van der Waals surface area contributed by atoms with Gasteiger partial charge in [-0.25, -0.2) is 4.98 Å². The van der Waals surface area contributed by atoms with E-state index in [4.69, 9.17) is 5.11 Å². The third kappa shape index (κ3) is 5.97. The van der Waals surface area contributed by atoms with E-state index in [1.54, 1.807) is 13.8 Å². The van der Waals surface area contributed by atoms with Crippen molar-refractivity contribution in [3.05, 3.63) is 27.4 Å². The number of aliphatic hydroxyl groups is 1. The Labute approximate surface area is 131 Å². The number of amides is 1. The number of rotatable bonds is 8. The van der Waals surface area contributed by atoms with Crippen molar-refractivity contribution in [1.29, 1.82) is 0 Å². The van der Waals surface area contributed by atoms with Crippen molar-refractivity contribution in [2.24, 2.45) is 11.8 Å². The maximum Gasteiger partial charge on any atom is 0.254 e. The van der Waals surface area contributed by atoms with Crippen molar-refractivity contribution >= 4 is 5.91 Å².